The van der Waals surface area contributed by atoms with Crippen LogP contribution in [0.1, 0.15) is 57.7 Å². The maximum absolute atomic E-state index is 13.6. The average molecular weight is 495 g/mol. The van der Waals surface area contributed by atoms with Crippen LogP contribution < -0.4 is 15.2 Å². The van der Waals surface area contributed by atoms with E-state index in [2.05, 4.69) is 9.71 Å². The topological polar surface area (TPSA) is 73.2 Å². The van der Waals surface area contributed by atoms with Gasteiger partial charge in [0, 0.05) is 49.9 Å². The smallest absolute Gasteiger partial charge is 0.416 e. The number of halogens is 5. The number of aromatic nitrogens is 2. The monoisotopic (exact) mass is 494 g/mol. The van der Waals surface area contributed by atoms with Gasteiger partial charge in [0.05, 0.1) is 22.5 Å². The van der Waals surface area contributed by atoms with Gasteiger partial charge in [-0.05, 0) is 39.8 Å². The largest absolute Gasteiger partial charge is 0.598 e. The predicted octanol–water partition coefficient (Wildman–Crippen LogP) is 4.30. The van der Waals surface area contributed by atoms with Crippen LogP contribution in [-0.4, -0.2) is 37.9 Å². The number of fused-ring (bicyclic) bond motifs is 1. The van der Waals surface area contributed by atoms with Crippen LogP contribution in [0.4, 0.5) is 27.9 Å². The highest BCUT2D eigenvalue weighted by atomic mass is 32.2. The minimum atomic E-state index is -4.71. The number of anilines is 1. The molecule has 2 heterocycles. The number of benzene rings is 1. The Labute approximate surface area is 191 Å². The van der Waals surface area contributed by atoms with Crippen LogP contribution in [0.25, 0.3) is 10.9 Å². The van der Waals surface area contributed by atoms with E-state index in [4.69, 9.17) is 0 Å². The molecule has 0 aliphatic carbocycles. The van der Waals surface area contributed by atoms with Crippen LogP contribution in [-0.2, 0) is 24.6 Å². The molecule has 2 atom stereocenters. The molecule has 1 aliphatic heterocycles. The highest BCUT2D eigenvalue weighted by Crippen LogP contribution is 2.36. The molecule has 0 radical (unpaired) electrons. The van der Waals surface area contributed by atoms with E-state index in [1.807, 2.05) is 0 Å². The quantitative estimate of drug-likeness (QED) is 0.507. The number of hydrogen-bond donors (Lipinski definition) is 1. The van der Waals surface area contributed by atoms with Crippen molar-refractivity contribution in [2.24, 2.45) is 7.05 Å². The molecule has 33 heavy (non-hydrogen) atoms. The van der Waals surface area contributed by atoms with E-state index in [0.717, 1.165) is 16.7 Å². The first kappa shape index (κ1) is 25.7. The standard InChI is InChI=1S/C21H27F5N4O2S/c1-12(28-33(32)19(2,3)4)14-10-13(21(24,25)26)11-15-16(14)27-18(29(5)17(15)31)30-8-6-20(22,23)7-9-30/h10-12,28H,6-9H2,1-5H3/t12-,33?/m1/s1. The Hall–Kier alpha value is -1.92. The zero-order valence-electron chi connectivity index (χ0n) is 19.0. The van der Waals surface area contributed by atoms with Gasteiger partial charge in [-0.15, -0.1) is 4.72 Å². The SMILES string of the molecule is C[C@@H](N[S+]([O-])C(C)(C)C)c1cc(C(F)(F)F)cc2c(=O)n(C)c(N3CCC(F)(F)CC3)nc12. The van der Waals surface area contributed by atoms with Gasteiger partial charge in [0.2, 0.25) is 5.95 Å². The van der Waals surface area contributed by atoms with E-state index < -0.39 is 58.2 Å². The van der Waals surface area contributed by atoms with Gasteiger partial charge in [0.15, 0.2) is 0 Å². The fourth-order valence-corrected chi connectivity index (χ4v) is 4.40. The van der Waals surface area contributed by atoms with Crippen LogP contribution in [0.5, 0.6) is 0 Å². The number of alkyl halides is 5. The summed E-state index contributed by atoms with van der Waals surface area (Å²) in [7, 11) is 1.35. The normalized spacial score (nSPS) is 19.1. The van der Waals surface area contributed by atoms with Crippen LogP contribution in [0.2, 0.25) is 0 Å². The Bertz CT molecular complexity index is 1090. The molecule has 12 heteroatoms. The second-order valence-electron chi connectivity index (χ2n) is 9.30. The zero-order valence-corrected chi connectivity index (χ0v) is 19.8. The van der Waals surface area contributed by atoms with Gasteiger partial charge in [-0.3, -0.25) is 9.36 Å². The molecule has 0 spiro atoms. The zero-order chi connectivity index (χ0) is 24.9. The van der Waals surface area contributed by atoms with E-state index in [0.29, 0.717) is 0 Å². The lowest BCUT2D eigenvalue weighted by atomic mass is 10.0. The summed E-state index contributed by atoms with van der Waals surface area (Å²) in [4.78, 5) is 19.0. The van der Waals surface area contributed by atoms with Crippen molar-refractivity contribution in [3.05, 3.63) is 33.6 Å². The van der Waals surface area contributed by atoms with Crippen LogP contribution in [0.3, 0.4) is 0 Å². The second-order valence-corrected chi connectivity index (χ2v) is 11.3. The molecular weight excluding hydrogens is 467 g/mol. The molecule has 1 aromatic carbocycles. The Balaban J connectivity index is 2.18. The lowest BCUT2D eigenvalue weighted by Gasteiger charge is -2.33. The second kappa shape index (κ2) is 8.70. The van der Waals surface area contributed by atoms with E-state index in [9.17, 15) is 31.3 Å². The predicted molar refractivity (Wildman–Crippen MR) is 118 cm³/mol. The van der Waals surface area contributed by atoms with Crippen molar-refractivity contribution in [2.45, 2.75) is 63.4 Å². The highest BCUT2D eigenvalue weighted by Gasteiger charge is 2.37. The Kier molecular flexibility index (Phi) is 6.77. The van der Waals surface area contributed by atoms with Crippen LogP contribution in [0, 0.1) is 0 Å². The minimum absolute atomic E-state index is 0.0179. The van der Waals surface area contributed by atoms with Gasteiger partial charge in [-0.25, -0.2) is 13.8 Å². The Morgan fingerprint density at radius 2 is 1.76 bits per heavy atom. The van der Waals surface area contributed by atoms with Crippen LogP contribution in [0.15, 0.2) is 16.9 Å². The van der Waals surface area contributed by atoms with Crippen molar-refractivity contribution in [2.75, 3.05) is 18.0 Å². The fourth-order valence-electron chi connectivity index (χ4n) is 3.60. The summed E-state index contributed by atoms with van der Waals surface area (Å²) in [5.74, 6) is -2.71. The average Bonchev–Trinajstić information content (AvgIpc) is 2.68. The first-order valence-electron chi connectivity index (χ1n) is 10.4. The molecule has 1 aliphatic rings. The number of hydrogen-bond acceptors (Lipinski definition) is 5. The molecule has 1 fully saturated rings. The highest BCUT2D eigenvalue weighted by molar-refractivity contribution is 7.90. The molecule has 0 bridgehead atoms. The summed E-state index contributed by atoms with van der Waals surface area (Å²) in [6, 6.07) is 0.795. The number of nitrogens with zero attached hydrogens (tertiary/aromatic N) is 3. The molecular formula is C21H27F5N4O2S. The Morgan fingerprint density at radius 3 is 2.27 bits per heavy atom. The first-order valence-corrected chi connectivity index (χ1v) is 11.6. The summed E-state index contributed by atoms with van der Waals surface area (Å²) in [5.41, 5.74) is -1.67. The van der Waals surface area contributed by atoms with E-state index in [-0.39, 0.29) is 35.5 Å². The lowest BCUT2D eigenvalue weighted by Crippen LogP contribution is -2.42. The third-order valence-electron chi connectivity index (χ3n) is 5.60. The van der Waals surface area contributed by atoms with E-state index in [1.54, 1.807) is 27.7 Å². The van der Waals surface area contributed by atoms with Crippen molar-refractivity contribution in [1.29, 1.82) is 0 Å². The summed E-state index contributed by atoms with van der Waals surface area (Å²) >= 11 is -1.60. The maximum atomic E-state index is 13.6. The van der Waals surface area contributed by atoms with Gasteiger partial charge in [0.1, 0.15) is 4.75 Å². The lowest BCUT2D eigenvalue weighted by molar-refractivity contribution is -0.137. The number of nitrogens with one attached hydrogen (secondary N) is 1. The van der Waals surface area contributed by atoms with Crippen molar-refractivity contribution in [3.63, 3.8) is 0 Å². The molecule has 184 valence electrons. The maximum Gasteiger partial charge on any atom is 0.416 e. The Morgan fingerprint density at radius 1 is 1.18 bits per heavy atom. The van der Waals surface area contributed by atoms with E-state index in [1.165, 1.54) is 11.9 Å². The molecule has 0 saturated carbocycles. The van der Waals surface area contributed by atoms with Crippen molar-refractivity contribution in [3.8, 4) is 0 Å². The minimum Gasteiger partial charge on any atom is -0.598 e. The summed E-state index contributed by atoms with van der Waals surface area (Å²) in [6.45, 7) is 6.59. The molecule has 6 nitrogen and oxygen atoms in total. The van der Waals surface area contributed by atoms with E-state index >= 15 is 0 Å². The molecule has 1 aromatic heterocycles. The molecule has 0 amide bonds. The molecule has 1 N–H and O–H groups in total. The van der Waals surface area contributed by atoms with Gasteiger partial charge in [-0.1, -0.05) is 0 Å². The van der Waals surface area contributed by atoms with Crippen molar-refractivity contribution < 1.29 is 26.5 Å². The molecule has 1 saturated heterocycles. The van der Waals surface area contributed by atoms with Gasteiger partial charge in [-0.2, -0.15) is 13.2 Å². The fraction of sp³-hybridized carbons (Fsp3) is 0.619. The van der Waals surface area contributed by atoms with Gasteiger partial charge < -0.3 is 9.45 Å². The van der Waals surface area contributed by atoms with Crippen LogP contribution >= 0.6 is 0 Å². The van der Waals surface area contributed by atoms with Gasteiger partial charge in [0.25, 0.3) is 11.5 Å². The summed E-state index contributed by atoms with van der Waals surface area (Å²) < 4.78 is 83.8. The first-order chi connectivity index (χ1) is 15.0. The summed E-state index contributed by atoms with van der Waals surface area (Å²) in [5, 5.41) is -0.247. The van der Waals surface area contributed by atoms with Crippen molar-refractivity contribution in [1.82, 2.24) is 14.3 Å². The summed E-state index contributed by atoms with van der Waals surface area (Å²) in [6.07, 6.45) is -5.54. The molecule has 1 unspecified atom stereocenters. The molecule has 2 aromatic rings. The van der Waals surface area contributed by atoms with Gasteiger partial charge >= 0.3 is 6.18 Å². The third-order valence-corrected chi connectivity index (χ3v) is 7.28. The number of rotatable bonds is 4. The number of piperidine rings is 1. The molecule has 3 rings (SSSR count). The van der Waals surface area contributed by atoms with Crippen molar-refractivity contribution >= 4 is 28.2 Å². The third kappa shape index (κ3) is 5.43.